The van der Waals surface area contributed by atoms with Gasteiger partial charge in [-0.15, -0.1) is 0 Å². The van der Waals surface area contributed by atoms with Crippen molar-refractivity contribution in [3.05, 3.63) is 89.6 Å². The number of benzene rings is 3. The van der Waals surface area contributed by atoms with Gasteiger partial charge in [-0.3, -0.25) is 4.79 Å². The fourth-order valence-corrected chi connectivity index (χ4v) is 3.50. The minimum absolute atomic E-state index is 0.249. The summed E-state index contributed by atoms with van der Waals surface area (Å²) < 4.78 is 22.1. The van der Waals surface area contributed by atoms with E-state index in [0.29, 0.717) is 18.1 Å². The summed E-state index contributed by atoms with van der Waals surface area (Å²) in [4.78, 5) is 16.2. The van der Waals surface area contributed by atoms with Gasteiger partial charge in [0.15, 0.2) is 11.5 Å². The second-order valence-corrected chi connectivity index (χ2v) is 7.52. The summed E-state index contributed by atoms with van der Waals surface area (Å²) in [6.45, 7) is 1.80. The third kappa shape index (κ3) is 5.35. The molecule has 0 saturated carbocycles. The Morgan fingerprint density at radius 1 is 0.853 bits per heavy atom. The average molecular weight is 456 g/mol. The second kappa shape index (κ2) is 10.5. The molecule has 1 aromatic heterocycles. The van der Waals surface area contributed by atoms with Crippen LogP contribution < -0.4 is 18.9 Å². The first-order valence-corrected chi connectivity index (χ1v) is 10.8. The Hall–Kier alpha value is -4.32. The molecule has 0 unspecified atom stereocenters. The van der Waals surface area contributed by atoms with E-state index < -0.39 is 5.97 Å². The van der Waals surface area contributed by atoms with Gasteiger partial charge in [0.25, 0.3) is 0 Å². The minimum Gasteiger partial charge on any atom is -0.493 e. The van der Waals surface area contributed by atoms with Crippen LogP contribution in [0.3, 0.4) is 0 Å². The largest absolute Gasteiger partial charge is 0.493 e. The minimum atomic E-state index is -0.453. The van der Waals surface area contributed by atoms with Gasteiger partial charge >= 0.3 is 5.97 Å². The zero-order valence-corrected chi connectivity index (χ0v) is 19.3. The van der Waals surface area contributed by atoms with Crippen LogP contribution in [0.25, 0.3) is 23.1 Å². The molecule has 0 spiro atoms. The van der Waals surface area contributed by atoms with Gasteiger partial charge in [0.2, 0.25) is 5.75 Å². The van der Waals surface area contributed by atoms with E-state index >= 15 is 0 Å². The number of carbonyl (C=O) groups is 1. The van der Waals surface area contributed by atoms with Gasteiger partial charge in [-0.2, -0.15) is 0 Å². The first-order valence-electron chi connectivity index (χ1n) is 10.8. The molecule has 6 heteroatoms. The van der Waals surface area contributed by atoms with Gasteiger partial charge in [-0.1, -0.05) is 54.6 Å². The topological polar surface area (TPSA) is 66.9 Å². The van der Waals surface area contributed by atoms with E-state index in [4.69, 9.17) is 23.9 Å². The highest BCUT2D eigenvalue weighted by Gasteiger charge is 2.15. The van der Waals surface area contributed by atoms with Crippen molar-refractivity contribution < 1.29 is 23.7 Å². The molecule has 0 N–H and O–H groups in total. The molecular formula is C28H25NO5. The van der Waals surface area contributed by atoms with Gasteiger partial charge in [-0.05, 0) is 41.5 Å². The zero-order valence-electron chi connectivity index (χ0n) is 19.3. The van der Waals surface area contributed by atoms with Crippen molar-refractivity contribution in [3.63, 3.8) is 0 Å². The predicted octanol–water partition coefficient (Wildman–Crippen LogP) is 5.93. The summed E-state index contributed by atoms with van der Waals surface area (Å²) in [6, 6.07) is 23.4. The first kappa shape index (κ1) is 22.9. The fraction of sp³-hybridized carbons (Fsp3) is 0.143. The number of methoxy groups -OCH3 is 2. The van der Waals surface area contributed by atoms with E-state index in [9.17, 15) is 4.79 Å². The molecule has 6 nitrogen and oxygen atoms in total. The van der Waals surface area contributed by atoms with Crippen LogP contribution in [-0.4, -0.2) is 25.2 Å². The molecule has 0 fully saturated rings. The molecule has 0 saturated heterocycles. The zero-order chi connectivity index (χ0) is 23.9. The number of esters is 1. The van der Waals surface area contributed by atoms with Crippen LogP contribution in [0.15, 0.2) is 72.8 Å². The standard InChI is InChI=1S/C28H25NO5/c1-19(30)34-28-25(31-2)16-21(17-26(28)32-3)12-14-23-15-13-22-10-7-11-24(27(22)29-23)33-18-20-8-5-4-6-9-20/h4-17H,18H2,1-3H3. The molecule has 3 aromatic carbocycles. The van der Waals surface area contributed by atoms with Crippen molar-refractivity contribution in [1.82, 2.24) is 4.98 Å². The highest BCUT2D eigenvalue weighted by atomic mass is 16.6. The van der Waals surface area contributed by atoms with E-state index in [1.54, 1.807) is 12.1 Å². The van der Waals surface area contributed by atoms with E-state index in [0.717, 1.165) is 33.5 Å². The van der Waals surface area contributed by atoms with Crippen molar-refractivity contribution in [2.75, 3.05) is 14.2 Å². The third-order valence-electron chi connectivity index (χ3n) is 5.12. The lowest BCUT2D eigenvalue weighted by Crippen LogP contribution is -2.05. The monoisotopic (exact) mass is 455 g/mol. The summed E-state index contributed by atoms with van der Waals surface area (Å²) >= 11 is 0. The van der Waals surface area contributed by atoms with Crippen LogP contribution in [0.2, 0.25) is 0 Å². The van der Waals surface area contributed by atoms with Crippen LogP contribution in [0, 0.1) is 0 Å². The lowest BCUT2D eigenvalue weighted by molar-refractivity contribution is -0.132. The van der Waals surface area contributed by atoms with Crippen LogP contribution in [0.1, 0.15) is 23.7 Å². The number of aromatic nitrogens is 1. The number of nitrogens with zero attached hydrogens (tertiary/aromatic N) is 1. The predicted molar refractivity (Wildman–Crippen MR) is 132 cm³/mol. The summed E-state index contributed by atoms with van der Waals surface area (Å²) in [5, 5.41) is 0.997. The first-order chi connectivity index (χ1) is 16.6. The van der Waals surface area contributed by atoms with Crippen molar-refractivity contribution in [2.45, 2.75) is 13.5 Å². The molecule has 4 rings (SSSR count). The van der Waals surface area contributed by atoms with E-state index in [1.807, 2.05) is 72.8 Å². The van der Waals surface area contributed by atoms with Crippen LogP contribution in [0.5, 0.6) is 23.0 Å². The van der Waals surface area contributed by atoms with Crippen LogP contribution in [-0.2, 0) is 11.4 Å². The Morgan fingerprint density at radius 2 is 1.59 bits per heavy atom. The maximum Gasteiger partial charge on any atom is 0.308 e. The lowest BCUT2D eigenvalue weighted by atomic mass is 10.1. The number of rotatable bonds is 8. The summed E-state index contributed by atoms with van der Waals surface area (Å²) in [5.41, 5.74) is 3.46. The number of fused-ring (bicyclic) bond motifs is 1. The molecule has 0 atom stereocenters. The Labute approximate surface area is 198 Å². The molecule has 0 bridgehead atoms. The lowest BCUT2D eigenvalue weighted by Gasteiger charge is -2.13. The molecule has 1 heterocycles. The van der Waals surface area contributed by atoms with Crippen molar-refractivity contribution in [2.24, 2.45) is 0 Å². The summed E-state index contributed by atoms with van der Waals surface area (Å²) in [5.74, 6) is 1.32. The number of hydrogen-bond acceptors (Lipinski definition) is 6. The Bertz CT molecular complexity index is 1310. The Balaban J connectivity index is 1.62. The number of pyridine rings is 1. The molecule has 0 amide bonds. The van der Waals surface area contributed by atoms with Gasteiger partial charge in [0.1, 0.15) is 17.9 Å². The van der Waals surface area contributed by atoms with Gasteiger partial charge in [0, 0.05) is 12.3 Å². The highest BCUT2D eigenvalue weighted by Crippen LogP contribution is 2.39. The van der Waals surface area contributed by atoms with Crippen molar-refractivity contribution >= 4 is 29.0 Å². The normalized spacial score (nSPS) is 10.9. The number of carbonyl (C=O) groups excluding carboxylic acids is 1. The Kier molecular flexibility index (Phi) is 7.08. The molecule has 172 valence electrons. The number of ether oxygens (including phenoxy) is 4. The van der Waals surface area contributed by atoms with E-state index in [-0.39, 0.29) is 5.75 Å². The fourth-order valence-electron chi connectivity index (χ4n) is 3.50. The quantitative estimate of drug-likeness (QED) is 0.242. The van der Waals surface area contributed by atoms with Gasteiger partial charge in [-0.25, -0.2) is 4.98 Å². The van der Waals surface area contributed by atoms with Crippen LogP contribution in [0.4, 0.5) is 0 Å². The average Bonchev–Trinajstić information content (AvgIpc) is 2.86. The molecule has 0 aliphatic carbocycles. The number of para-hydroxylation sites is 1. The SMILES string of the molecule is COc1cc(C=Cc2ccc3cccc(OCc4ccccc4)c3n2)cc(OC)c1OC(C)=O. The molecule has 4 aromatic rings. The summed E-state index contributed by atoms with van der Waals surface area (Å²) in [6.07, 6.45) is 3.79. The molecule has 0 aliphatic heterocycles. The van der Waals surface area contributed by atoms with Gasteiger partial charge in [0.05, 0.1) is 19.9 Å². The second-order valence-electron chi connectivity index (χ2n) is 7.52. The Morgan fingerprint density at radius 3 is 2.26 bits per heavy atom. The third-order valence-corrected chi connectivity index (χ3v) is 5.12. The van der Waals surface area contributed by atoms with E-state index in [2.05, 4.69) is 0 Å². The van der Waals surface area contributed by atoms with Crippen LogP contribution >= 0.6 is 0 Å². The number of hydrogen-bond donors (Lipinski definition) is 0. The maximum absolute atomic E-state index is 11.4. The highest BCUT2D eigenvalue weighted by molar-refractivity contribution is 5.86. The van der Waals surface area contributed by atoms with Crippen molar-refractivity contribution in [1.29, 1.82) is 0 Å². The molecule has 34 heavy (non-hydrogen) atoms. The van der Waals surface area contributed by atoms with E-state index in [1.165, 1.54) is 21.1 Å². The van der Waals surface area contributed by atoms with Crippen molar-refractivity contribution in [3.8, 4) is 23.0 Å². The summed E-state index contributed by atoms with van der Waals surface area (Å²) in [7, 11) is 3.02. The maximum atomic E-state index is 11.4. The van der Waals surface area contributed by atoms with Gasteiger partial charge < -0.3 is 18.9 Å². The molecule has 0 radical (unpaired) electrons. The molecular weight excluding hydrogens is 430 g/mol. The molecule has 0 aliphatic rings. The smallest absolute Gasteiger partial charge is 0.308 e.